The monoisotopic (exact) mass is 468 g/mol. The van der Waals surface area contributed by atoms with E-state index < -0.39 is 40.5 Å². The van der Waals surface area contributed by atoms with Crippen molar-refractivity contribution in [2.75, 3.05) is 5.32 Å². The number of aryl methyl sites for hydroxylation is 1. The molecule has 0 fully saturated rings. The van der Waals surface area contributed by atoms with Crippen molar-refractivity contribution in [3.63, 3.8) is 0 Å². The first-order valence-electron chi connectivity index (χ1n) is 9.63. The van der Waals surface area contributed by atoms with Gasteiger partial charge in [-0.3, -0.25) is 9.59 Å². The number of pyridine rings is 1. The molecule has 0 saturated heterocycles. The van der Waals surface area contributed by atoms with Gasteiger partial charge in [-0.15, -0.1) is 0 Å². The topological polar surface area (TPSA) is 51.1 Å². The van der Waals surface area contributed by atoms with Crippen LogP contribution in [0.3, 0.4) is 0 Å². The van der Waals surface area contributed by atoms with Crippen LogP contribution in [0, 0.1) is 13.8 Å². The van der Waals surface area contributed by atoms with Gasteiger partial charge in [-0.05, 0) is 37.6 Å². The van der Waals surface area contributed by atoms with Gasteiger partial charge in [0.2, 0.25) is 0 Å². The predicted octanol–water partition coefficient (Wildman–Crippen LogP) is 5.80. The molecule has 4 nitrogen and oxygen atoms in total. The van der Waals surface area contributed by atoms with Gasteiger partial charge < -0.3 is 9.88 Å². The molecule has 174 valence electrons. The van der Waals surface area contributed by atoms with Crippen molar-refractivity contribution in [2.24, 2.45) is 0 Å². The molecule has 1 N–H and O–H groups in total. The fraction of sp³-hybridized carbons (Fsp3) is 0.217. The smallest absolute Gasteiger partial charge is 0.344 e. The minimum absolute atomic E-state index is 0.0420. The van der Waals surface area contributed by atoms with Crippen molar-refractivity contribution in [1.29, 1.82) is 0 Å². The number of amides is 1. The predicted molar refractivity (Wildman–Crippen MR) is 110 cm³/mol. The third-order valence-electron chi connectivity index (χ3n) is 5.03. The molecule has 1 heterocycles. The molecule has 0 saturated carbocycles. The highest BCUT2D eigenvalue weighted by molar-refractivity contribution is 6.05. The van der Waals surface area contributed by atoms with E-state index >= 15 is 0 Å². The molecule has 2 aromatic carbocycles. The summed E-state index contributed by atoms with van der Waals surface area (Å²) in [6.07, 6.45) is -10.1. The Morgan fingerprint density at radius 3 is 1.94 bits per heavy atom. The number of carbonyl (C=O) groups excluding carboxylic acids is 1. The van der Waals surface area contributed by atoms with E-state index in [2.05, 4.69) is 0 Å². The lowest BCUT2D eigenvalue weighted by molar-refractivity contribution is -0.143. The van der Waals surface area contributed by atoms with Crippen LogP contribution in [0.15, 0.2) is 59.4 Å². The van der Waals surface area contributed by atoms with E-state index in [-0.39, 0.29) is 17.3 Å². The van der Waals surface area contributed by atoms with Crippen molar-refractivity contribution in [3.8, 4) is 0 Å². The van der Waals surface area contributed by atoms with Crippen LogP contribution in [0.1, 0.15) is 38.4 Å². The van der Waals surface area contributed by atoms with Gasteiger partial charge in [0.15, 0.2) is 5.43 Å². The van der Waals surface area contributed by atoms with E-state index in [4.69, 9.17) is 0 Å². The zero-order chi connectivity index (χ0) is 24.6. The number of alkyl halides is 6. The molecule has 33 heavy (non-hydrogen) atoms. The van der Waals surface area contributed by atoms with E-state index in [1.54, 1.807) is 11.5 Å². The minimum Gasteiger partial charge on any atom is -0.344 e. The Morgan fingerprint density at radius 1 is 0.879 bits per heavy atom. The Labute approximate surface area is 184 Å². The second-order valence-corrected chi connectivity index (χ2v) is 7.43. The van der Waals surface area contributed by atoms with E-state index in [1.165, 1.54) is 13.0 Å². The second kappa shape index (κ2) is 8.76. The van der Waals surface area contributed by atoms with Crippen LogP contribution in [-0.4, -0.2) is 10.5 Å². The van der Waals surface area contributed by atoms with Gasteiger partial charge >= 0.3 is 12.4 Å². The summed E-state index contributed by atoms with van der Waals surface area (Å²) in [7, 11) is 0. The number of rotatable bonds is 4. The standard InChI is InChI=1S/C23H18F6N2O2/c1-13-8-19(32)20(14(2)31(13)12-15-6-4-3-5-7-15)21(33)30-18-10-16(22(24,25)26)9-17(11-18)23(27,28)29/h3-11H,12H2,1-2H3,(H,30,33). The number of nitrogens with one attached hydrogen (secondary N) is 1. The molecular weight excluding hydrogens is 450 g/mol. The fourth-order valence-corrected chi connectivity index (χ4v) is 3.42. The maximum Gasteiger partial charge on any atom is 0.416 e. The van der Waals surface area contributed by atoms with Crippen LogP contribution >= 0.6 is 0 Å². The summed E-state index contributed by atoms with van der Waals surface area (Å²) < 4.78 is 80.2. The molecule has 0 unspecified atom stereocenters. The van der Waals surface area contributed by atoms with Crippen LogP contribution in [-0.2, 0) is 18.9 Å². The van der Waals surface area contributed by atoms with Crippen LogP contribution in [0.25, 0.3) is 0 Å². The van der Waals surface area contributed by atoms with Gasteiger partial charge in [0.1, 0.15) is 5.56 Å². The average Bonchev–Trinajstić information content (AvgIpc) is 2.70. The van der Waals surface area contributed by atoms with Gasteiger partial charge in [-0.1, -0.05) is 30.3 Å². The number of carbonyl (C=O) groups is 1. The van der Waals surface area contributed by atoms with Crippen molar-refractivity contribution in [2.45, 2.75) is 32.7 Å². The molecule has 0 atom stereocenters. The molecule has 3 rings (SSSR count). The Bertz CT molecular complexity index is 1210. The number of anilines is 1. The molecule has 1 amide bonds. The molecule has 10 heteroatoms. The first-order valence-corrected chi connectivity index (χ1v) is 9.63. The lowest BCUT2D eigenvalue weighted by Gasteiger charge is -2.18. The number of nitrogens with zero attached hydrogens (tertiary/aromatic N) is 1. The third kappa shape index (κ3) is 5.44. The Kier molecular flexibility index (Phi) is 6.40. The summed E-state index contributed by atoms with van der Waals surface area (Å²) >= 11 is 0. The highest BCUT2D eigenvalue weighted by Gasteiger charge is 2.37. The minimum atomic E-state index is -5.07. The van der Waals surface area contributed by atoms with Gasteiger partial charge in [0.25, 0.3) is 5.91 Å². The summed E-state index contributed by atoms with van der Waals surface area (Å²) in [6, 6.07) is 11.0. The summed E-state index contributed by atoms with van der Waals surface area (Å²) in [6.45, 7) is 3.45. The van der Waals surface area contributed by atoms with E-state index in [1.807, 2.05) is 35.6 Å². The zero-order valence-corrected chi connectivity index (χ0v) is 17.4. The Balaban J connectivity index is 2.03. The molecular formula is C23H18F6N2O2. The number of benzene rings is 2. The second-order valence-electron chi connectivity index (χ2n) is 7.43. The van der Waals surface area contributed by atoms with Crippen molar-refractivity contribution >= 4 is 11.6 Å². The summed E-state index contributed by atoms with van der Waals surface area (Å²) in [5.74, 6) is -1.10. The molecule has 0 radical (unpaired) electrons. The summed E-state index contributed by atoms with van der Waals surface area (Å²) in [5.41, 5.74) is -3.31. The normalized spacial score (nSPS) is 12.0. The number of hydrogen-bond acceptors (Lipinski definition) is 2. The maximum atomic E-state index is 13.1. The Morgan fingerprint density at radius 2 is 1.42 bits per heavy atom. The van der Waals surface area contributed by atoms with Gasteiger partial charge in [-0.2, -0.15) is 26.3 Å². The molecule has 0 aliphatic heterocycles. The maximum absolute atomic E-state index is 13.1. The lowest BCUT2D eigenvalue weighted by atomic mass is 10.1. The van der Waals surface area contributed by atoms with Gasteiger partial charge in [0.05, 0.1) is 11.1 Å². The molecule has 0 aliphatic carbocycles. The largest absolute Gasteiger partial charge is 0.416 e. The summed E-state index contributed by atoms with van der Waals surface area (Å²) in [4.78, 5) is 25.3. The third-order valence-corrected chi connectivity index (χ3v) is 5.03. The number of hydrogen-bond donors (Lipinski definition) is 1. The van der Waals surface area contributed by atoms with Crippen molar-refractivity contribution < 1.29 is 31.1 Å². The van der Waals surface area contributed by atoms with Crippen molar-refractivity contribution in [3.05, 3.63) is 98.5 Å². The number of halogens is 6. The molecule has 0 bridgehead atoms. The molecule has 1 aromatic heterocycles. The highest BCUT2D eigenvalue weighted by Crippen LogP contribution is 2.37. The van der Waals surface area contributed by atoms with E-state index in [0.29, 0.717) is 24.4 Å². The molecule has 0 aliphatic rings. The molecule has 3 aromatic rings. The number of aromatic nitrogens is 1. The van der Waals surface area contributed by atoms with Crippen LogP contribution in [0.5, 0.6) is 0 Å². The zero-order valence-electron chi connectivity index (χ0n) is 17.4. The first kappa shape index (κ1) is 24.1. The first-order chi connectivity index (χ1) is 15.3. The van der Waals surface area contributed by atoms with Crippen LogP contribution in [0.2, 0.25) is 0 Å². The summed E-state index contributed by atoms with van der Waals surface area (Å²) in [5, 5.41) is 2.02. The fourth-order valence-electron chi connectivity index (χ4n) is 3.42. The van der Waals surface area contributed by atoms with Crippen molar-refractivity contribution in [1.82, 2.24) is 4.57 Å². The Hall–Kier alpha value is -3.56. The van der Waals surface area contributed by atoms with Crippen LogP contribution < -0.4 is 10.7 Å². The quantitative estimate of drug-likeness (QED) is 0.492. The molecule has 0 spiro atoms. The highest BCUT2D eigenvalue weighted by atomic mass is 19.4. The SMILES string of the molecule is Cc1cc(=O)c(C(=O)Nc2cc(C(F)(F)F)cc(C(F)(F)F)c2)c(C)n1Cc1ccccc1. The van der Waals surface area contributed by atoms with Gasteiger partial charge in [-0.25, -0.2) is 0 Å². The van der Waals surface area contributed by atoms with Crippen LogP contribution in [0.4, 0.5) is 32.0 Å². The average molecular weight is 468 g/mol. The lowest BCUT2D eigenvalue weighted by Crippen LogP contribution is -2.27. The van der Waals surface area contributed by atoms with Gasteiger partial charge in [0, 0.05) is 29.7 Å². The van der Waals surface area contributed by atoms with E-state index in [9.17, 15) is 35.9 Å². The van der Waals surface area contributed by atoms with E-state index in [0.717, 1.165) is 5.56 Å².